The molecule has 3 nitrogen and oxygen atoms in total. The molecule has 1 aliphatic rings. The van der Waals surface area contributed by atoms with Gasteiger partial charge in [0.15, 0.2) is 0 Å². The largest absolute Gasteiger partial charge is 0.469 e. The van der Waals surface area contributed by atoms with E-state index in [2.05, 4.69) is 0 Å². The molecule has 0 spiro atoms. The van der Waals surface area contributed by atoms with Crippen LogP contribution in [-0.4, -0.2) is 18.2 Å². The summed E-state index contributed by atoms with van der Waals surface area (Å²) in [7, 11) is 1.39. The maximum atomic E-state index is 11.4. The van der Waals surface area contributed by atoms with Crippen LogP contribution in [0.3, 0.4) is 0 Å². The number of carbonyl (C=O) groups excluding carboxylic acids is 1. The van der Waals surface area contributed by atoms with Crippen LogP contribution in [0.4, 0.5) is 0 Å². The van der Waals surface area contributed by atoms with Crippen molar-refractivity contribution in [1.82, 2.24) is 0 Å². The molecule has 1 aromatic rings. The van der Waals surface area contributed by atoms with E-state index in [0.717, 1.165) is 5.56 Å². The SMILES string of the molecule is COC(=O)C1CCC(O)(c2ccccc2)C1. The minimum atomic E-state index is -0.861. The molecule has 1 N–H and O–H groups in total. The van der Waals surface area contributed by atoms with E-state index in [9.17, 15) is 9.90 Å². The van der Waals surface area contributed by atoms with Crippen molar-refractivity contribution in [2.24, 2.45) is 5.92 Å². The Balaban J connectivity index is 2.15. The first-order valence-corrected chi connectivity index (χ1v) is 5.51. The molecule has 1 saturated carbocycles. The number of methoxy groups -OCH3 is 1. The quantitative estimate of drug-likeness (QED) is 0.774. The molecule has 86 valence electrons. The van der Waals surface area contributed by atoms with E-state index in [4.69, 9.17) is 4.74 Å². The topological polar surface area (TPSA) is 46.5 Å². The fourth-order valence-electron chi connectivity index (χ4n) is 2.40. The highest BCUT2D eigenvalue weighted by atomic mass is 16.5. The lowest BCUT2D eigenvalue weighted by atomic mass is 9.91. The molecule has 0 bridgehead atoms. The molecule has 2 unspecified atom stereocenters. The summed E-state index contributed by atoms with van der Waals surface area (Å²) >= 11 is 0. The van der Waals surface area contributed by atoms with Gasteiger partial charge in [0.25, 0.3) is 0 Å². The van der Waals surface area contributed by atoms with Crippen LogP contribution in [0.15, 0.2) is 30.3 Å². The van der Waals surface area contributed by atoms with Crippen molar-refractivity contribution in [2.75, 3.05) is 7.11 Å². The van der Waals surface area contributed by atoms with Gasteiger partial charge in [0, 0.05) is 0 Å². The van der Waals surface area contributed by atoms with Crippen LogP contribution in [-0.2, 0) is 15.1 Å². The molecule has 0 aromatic heterocycles. The minimum Gasteiger partial charge on any atom is -0.469 e. The lowest BCUT2D eigenvalue weighted by Gasteiger charge is -2.23. The zero-order valence-corrected chi connectivity index (χ0v) is 9.35. The van der Waals surface area contributed by atoms with E-state index in [1.807, 2.05) is 30.3 Å². The van der Waals surface area contributed by atoms with Gasteiger partial charge in [0.2, 0.25) is 0 Å². The van der Waals surface area contributed by atoms with Gasteiger partial charge in [0.1, 0.15) is 0 Å². The zero-order valence-electron chi connectivity index (χ0n) is 9.35. The molecule has 3 heteroatoms. The Morgan fingerprint density at radius 1 is 1.44 bits per heavy atom. The summed E-state index contributed by atoms with van der Waals surface area (Å²) in [6.45, 7) is 0. The van der Waals surface area contributed by atoms with Crippen LogP contribution in [0.1, 0.15) is 24.8 Å². The van der Waals surface area contributed by atoms with Gasteiger partial charge in [-0.3, -0.25) is 4.79 Å². The molecule has 0 amide bonds. The van der Waals surface area contributed by atoms with Crippen molar-refractivity contribution in [3.63, 3.8) is 0 Å². The third-order valence-electron chi connectivity index (χ3n) is 3.34. The van der Waals surface area contributed by atoms with Gasteiger partial charge in [0.05, 0.1) is 18.6 Å². The Kier molecular flexibility index (Phi) is 2.97. The van der Waals surface area contributed by atoms with Crippen molar-refractivity contribution in [3.8, 4) is 0 Å². The van der Waals surface area contributed by atoms with Crippen LogP contribution >= 0.6 is 0 Å². The Bertz CT molecular complexity index is 374. The van der Waals surface area contributed by atoms with E-state index in [0.29, 0.717) is 19.3 Å². The van der Waals surface area contributed by atoms with Crippen LogP contribution < -0.4 is 0 Å². The van der Waals surface area contributed by atoms with Gasteiger partial charge in [-0.15, -0.1) is 0 Å². The van der Waals surface area contributed by atoms with E-state index in [1.54, 1.807) is 0 Å². The zero-order chi connectivity index (χ0) is 11.6. The average molecular weight is 220 g/mol. The molecule has 1 aliphatic carbocycles. The van der Waals surface area contributed by atoms with Gasteiger partial charge in [-0.2, -0.15) is 0 Å². The Hall–Kier alpha value is -1.35. The van der Waals surface area contributed by atoms with Crippen molar-refractivity contribution < 1.29 is 14.6 Å². The smallest absolute Gasteiger partial charge is 0.308 e. The summed E-state index contributed by atoms with van der Waals surface area (Å²) in [5, 5.41) is 10.5. The first kappa shape index (κ1) is 11.1. The number of rotatable bonds is 2. The predicted molar refractivity (Wildman–Crippen MR) is 59.7 cm³/mol. The first-order valence-electron chi connectivity index (χ1n) is 5.51. The monoisotopic (exact) mass is 220 g/mol. The van der Waals surface area contributed by atoms with Crippen molar-refractivity contribution in [1.29, 1.82) is 0 Å². The standard InChI is InChI=1S/C13H16O3/c1-16-12(14)10-7-8-13(15,9-10)11-5-3-2-4-6-11/h2-6,10,15H,7-9H2,1H3. The van der Waals surface area contributed by atoms with Crippen LogP contribution in [0, 0.1) is 5.92 Å². The van der Waals surface area contributed by atoms with E-state index in [-0.39, 0.29) is 11.9 Å². The number of aliphatic hydroxyl groups is 1. The highest BCUT2D eigenvalue weighted by molar-refractivity contribution is 5.72. The van der Waals surface area contributed by atoms with Gasteiger partial charge in [-0.05, 0) is 24.8 Å². The number of hydrogen-bond donors (Lipinski definition) is 1. The fourth-order valence-corrected chi connectivity index (χ4v) is 2.40. The Morgan fingerprint density at radius 3 is 2.75 bits per heavy atom. The molecule has 1 aromatic carbocycles. The van der Waals surface area contributed by atoms with Crippen LogP contribution in [0.2, 0.25) is 0 Å². The molecule has 2 rings (SSSR count). The molecule has 0 heterocycles. The summed E-state index contributed by atoms with van der Waals surface area (Å²) < 4.78 is 4.71. The fraction of sp³-hybridized carbons (Fsp3) is 0.462. The lowest BCUT2D eigenvalue weighted by molar-refractivity contribution is -0.145. The van der Waals surface area contributed by atoms with Crippen molar-refractivity contribution >= 4 is 5.97 Å². The number of ether oxygens (including phenoxy) is 1. The summed E-state index contributed by atoms with van der Waals surface area (Å²) in [6, 6.07) is 9.52. The van der Waals surface area contributed by atoms with E-state index in [1.165, 1.54) is 7.11 Å². The summed E-state index contributed by atoms with van der Waals surface area (Å²) in [4.78, 5) is 11.4. The molecule has 2 atom stereocenters. The normalized spacial score (nSPS) is 29.0. The van der Waals surface area contributed by atoms with Crippen molar-refractivity contribution in [2.45, 2.75) is 24.9 Å². The van der Waals surface area contributed by atoms with Gasteiger partial charge >= 0.3 is 5.97 Å². The highest BCUT2D eigenvalue weighted by Crippen LogP contribution is 2.42. The molecule has 0 aliphatic heterocycles. The predicted octanol–water partition coefficient (Wildman–Crippen LogP) is 1.85. The summed E-state index contributed by atoms with van der Waals surface area (Å²) in [6.07, 6.45) is 1.78. The maximum absolute atomic E-state index is 11.4. The number of esters is 1. The van der Waals surface area contributed by atoms with Gasteiger partial charge in [-0.25, -0.2) is 0 Å². The molecular formula is C13H16O3. The molecule has 0 saturated heterocycles. The van der Waals surface area contributed by atoms with E-state index < -0.39 is 5.60 Å². The van der Waals surface area contributed by atoms with Crippen LogP contribution in [0.5, 0.6) is 0 Å². The number of hydrogen-bond acceptors (Lipinski definition) is 3. The van der Waals surface area contributed by atoms with Crippen molar-refractivity contribution in [3.05, 3.63) is 35.9 Å². The summed E-state index contributed by atoms with van der Waals surface area (Å²) in [5.41, 5.74) is 0.0292. The van der Waals surface area contributed by atoms with Gasteiger partial charge < -0.3 is 9.84 Å². The number of benzene rings is 1. The first-order chi connectivity index (χ1) is 7.65. The lowest BCUT2D eigenvalue weighted by Crippen LogP contribution is -2.23. The summed E-state index contributed by atoms with van der Waals surface area (Å²) in [5.74, 6) is -0.387. The third kappa shape index (κ3) is 1.95. The second kappa shape index (κ2) is 4.26. The Labute approximate surface area is 95.0 Å². The minimum absolute atomic E-state index is 0.171. The average Bonchev–Trinajstić information content (AvgIpc) is 2.73. The second-order valence-electron chi connectivity index (χ2n) is 4.36. The number of carbonyl (C=O) groups is 1. The Morgan fingerprint density at radius 2 is 2.12 bits per heavy atom. The molecule has 0 radical (unpaired) electrons. The molecular weight excluding hydrogens is 204 g/mol. The third-order valence-corrected chi connectivity index (χ3v) is 3.34. The van der Waals surface area contributed by atoms with Gasteiger partial charge in [-0.1, -0.05) is 30.3 Å². The molecule has 16 heavy (non-hydrogen) atoms. The van der Waals surface area contributed by atoms with E-state index >= 15 is 0 Å². The molecule has 1 fully saturated rings. The highest BCUT2D eigenvalue weighted by Gasteiger charge is 2.41. The van der Waals surface area contributed by atoms with Crippen LogP contribution in [0.25, 0.3) is 0 Å². The maximum Gasteiger partial charge on any atom is 0.308 e. The second-order valence-corrected chi connectivity index (χ2v) is 4.36.